The van der Waals surface area contributed by atoms with Crippen molar-refractivity contribution in [2.75, 3.05) is 12.4 Å². The molecule has 1 N–H and O–H groups in total. The van der Waals surface area contributed by atoms with Crippen LogP contribution >= 0.6 is 11.6 Å². The van der Waals surface area contributed by atoms with E-state index in [0.717, 1.165) is 5.56 Å². The molecule has 1 unspecified atom stereocenters. The minimum atomic E-state index is -0.585. The lowest BCUT2D eigenvalue weighted by atomic mass is 10.1. The van der Waals surface area contributed by atoms with Crippen LogP contribution in [0, 0.1) is 0 Å². The number of halogens is 1. The molecule has 0 bridgehead atoms. The fraction of sp³-hybridized carbons (Fsp3) is 0.176. The van der Waals surface area contributed by atoms with Crippen molar-refractivity contribution in [2.24, 2.45) is 0 Å². The zero-order valence-electron chi connectivity index (χ0n) is 13.5. The van der Waals surface area contributed by atoms with Crippen molar-refractivity contribution in [2.45, 2.75) is 12.5 Å². The molecule has 0 saturated carbocycles. The lowest BCUT2D eigenvalue weighted by Gasteiger charge is -2.17. The number of methoxy groups -OCH3 is 1. The number of rotatable bonds is 6. The van der Waals surface area contributed by atoms with E-state index in [-0.39, 0.29) is 5.91 Å². The smallest absolute Gasteiger partial charge is 0.249 e. The number of tetrazole rings is 1. The van der Waals surface area contributed by atoms with E-state index >= 15 is 0 Å². The van der Waals surface area contributed by atoms with Crippen LogP contribution < -0.4 is 10.1 Å². The molecular weight excluding hydrogens is 342 g/mol. The summed E-state index contributed by atoms with van der Waals surface area (Å²) in [5, 5.41) is 14.4. The van der Waals surface area contributed by atoms with Crippen LogP contribution in [0.25, 0.3) is 0 Å². The third-order valence-corrected chi connectivity index (χ3v) is 3.97. The van der Waals surface area contributed by atoms with Crippen molar-refractivity contribution in [1.82, 2.24) is 20.2 Å². The van der Waals surface area contributed by atoms with Crippen LogP contribution in [0.5, 0.6) is 5.75 Å². The second-order valence-corrected chi connectivity index (χ2v) is 5.74. The van der Waals surface area contributed by atoms with Crippen LogP contribution in [0.1, 0.15) is 11.6 Å². The van der Waals surface area contributed by atoms with Gasteiger partial charge in [-0.25, -0.2) is 4.68 Å². The van der Waals surface area contributed by atoms with Crippen LogP contribution in [-0.4, -0.2) is 33.2 Å². The number of hydrogen-bond donors (Lipinski definition) is 1. The van der Waals surface area contributed by atoms with E-state index in [1.165, 1.54) is 18.1 Å². The van der Waals surface area contributed by atoms with Crippen molar-refractivity contribution < 1.29 is 9.53 Å². The topological polar surface area (TPSA) is 81.9 Å². The Bertz CT molecular complexity index is 840. The summed E-state index contributed by atoms with van der Waals surface area (Å²) in [5.41, 5.74) is 1.58. The maximum atomic E-state index is 12.8. The molecule has 0 fully saturated rings. The van der Waals surface area contributed by atoms with Crippen molar-refractivity contribution in [3.63, 3.8) is 0 Å². The second-order valence-electron chi connectivity index (χ2n) is 5.33. The molecule has 0 aliphatic heterocycles. The van der Waals surface area contributed by atoms with Gasteiger partial charge in [0, 0.05) is 12.1 Å². The molecular formula is C17H16ClN5O2. The Labute approximate surface area is 149 Å². The molecule has 0 aliphatic carbocycles. The highest BCUT2D eigenvalue weighted by Gasteiger charge is 2.22. The molecule has 7 nitrogen and oxygen atoms in total. The summed E-state index contributed by atoms with van der Waals surface area (Å²) in [5.74, 6) is 0.304. The monoisotopic (exact) mass is 357 g/mol. The molecule has 8 heteroatoms. The zero-order chi connectivity index (χ0) is 17.6. The van der Waals surface area contributed by atoms with Crippen LogP contribution in [0.15, 0.2) is 54.9 Å². The van der Waals surface area contributed by atoms with Gasteiger partial charge in [-0.1, -0.05) is 41.9 Å². The van der Waals surface area contributed by atoms with E-state index in [1.807, 2.05) is 30.3 Å². The van der Waals surface area contributed by atoms with E-state index in [4.69, 9.17) is 16.3 Å². The highest BCUT2D eigenvalue weighted by Crippen LogP contribution is 2.27. The van der Waals surface area contributed by atoms with E-state index in [2.05, 4.69) is 20.8 Å². The van der Waals surface area contributed by atoms with Gasteiger partial charge < -0.3 is 10.1 Å². The molecule has 1 atom stereocenters. The largest absolute Gasteiger partial charge is 0.495 e. The first-order chi connectivity index (χ1) is 12.2. The molecule has 0 radical (unpaired) electrons. The fourth-order valence-electron chi connectivity index (χ4n) is 2.42. The number of anilines is 1. The molecule has 0 spiro atoms. The highest BCUT2D eigenvalue weighted by molar-refractivity contribution is 6.32. The predicted octanol–water partition coefficient (Wildman–Crippen LogP) is 2.76. The Hall–Kier alpha value is -2.93. The Balaban J connectivity index is 1.81. The first-order valence-electron chi connectivity index (χ1n) is 7.58. The molecule has 1 aromatic heterocycles. The first kappa shape index (κ1) is 16.9. The standard InChI is InChI=1S/C17H16ClN5O2/c1-25-16-8-7-13(10-14(16)18)20-17(24)15(23-11-19-21-22-23)9-12-5-3-2-4-6-12/h2-8,10-11,15H,9H2,1H3,(H,20,24). The summed E-state index contributed by atoms with van der Waals surface area (Å²) < 4.78 is 6.55. The van der Waals surface area contributed by atoms with E-state index in [1.54, 1.807) is 18.2 Å². The van der Waals surface area contributed by atoms with Crippen LogP contribution in [0.2, 0.25) is 5.02 Å². The van der Waals surface area contributed by atoms with Crippen LogP contribution in [0.4, 0.5) is 5.69 Å². The molecule has 3 rings (SSSR count). The molecule has 0 aliphatic rings. The van der Waals surface area contributed by atoms with Gasteiger partial charge >= 0.3 is 0 Å². The van der Waals surface area contributed by atoms with Crippen LogP contribution in [-0.2, 0) is 11.2 Å². The summed E-state index contributed by atoms with van der Waals surface area (Å²) in [7, 11) is 1.53. The maximum absolute atomic E-state index is 12.8. The maximum Gasteiger partial charge on any atom is 0.249 e. The minimum Gasteiger partial charge on any atom is -0.495 e. The van der Waals surface area contributed by atoms with E-state index in [9.17, 15) is 4.79 Å². The Morgan fingerprint density at radius 1 is 1.28 bits per heavy atom. The number of nitrogens with one attached hydrogen (secondary N) is 1. The first-order valence-corrected chi connectivity index (χ1v) is 7.96. The van der Waals surface area contributed by atoms with Crippen molar-refractivity contribution in [3.8, 4) is 5.75 Å². The molecule has 0 saturated heterocycles. The third-order valence-electron chi connectivity index (χ3n) is 3.68. The molecule has 3 aromatic rings. The number of nitrogens with zero attached hydrogens (tertiary/aromatic N) is 4. The normalized spacial score (nSPS) is 11.8. The average molecular weight is 358 g/mol. The summed E-state index contributed by atoms with van der Waals surface area (Å²) in [6.45, 7) is 0. The SMILES string of the molecule is COc1ccc(NC(=O)C(Cc2ccccc2)n2cnnn2)cc1Cl. The van der Waals surface area contributed by atoms with E-state index in [0.29, 0.717) is 22.9 Å². The van der Waals surface area contributed by atoms with Gasteiger partial charge in [0.2, 0.25) is 5.91 Å². The molecule has 2 aromatic carbocycles. The van der Waals surface area contributed by atoms with Gasteiger partial charge in [-0.05, 0) is 34.2 Å². The van der Waals surface area contributed by atoms with Gasteiger partial charge in [-0.3, -0.25) is 4.79 Å². The minimum absolute atomic E-state index is 0.239. The Morgan fingerprint density at radius 2 is 2.08 bits per heavy atom. The van der Waals surface area contributed by atoms with E-state index < -0.39 is 6.04 Å². The summed E-state index contributed by atoms with van der Waals surface area (Å²) >= 11 is 6.11. The summed E-state index contributed by atoms with van der Waals surface area (Å²) in [4.78, 5) is 12.8. The predicted molar refractivity (Wildman–Crippen MR) is 93.6 cm³/mol. The third kappa shape index (κ3) is 4.13. The number of amides is 1. The van der Waals surface area contributed by atoms with Crippen LogP contribution in [0.3, 0.4) is 0 Å². The number of hydrogen-bond acceptors (Lipinski definition) is 5. The highest BCUT2D eigenvalue weighted by atomic mass is 35.5. The van der Waals surface area contributed by atoms with Gasteiger partial charge in [0.05, 0.1) is 12.1 Å². The lowest BCUT2D eigenvalue weighted by molar-refractivity contribution is -0.119. The Kier molecular flexibility index (Phi) is 5.25. The Morgan fingerprint density at radius 3 is 2.72 bits per heavy atom. The van der Waals surface area contributed by atoms with Crippen molar-refractivity contribution >= 4 is 23.2 Å². The molecule has 1 amide bonds. The second kappa shape index (κ2) is 7.76. The van der Waals surface area contributed by atoms with Crippen molar-refractivity contribution in [3.05, 3.63) is 65.4 Å². The van der Waals surface area contributed by atoms with Gasteiger partial charge in [0.25, 0.3) is 0 Å². The number of carbonyl (C=O) groups is 1. The summed E-state index contributed by atoms with van der Waals surface area (Å²) in [6.07, 6.45) is 1.88. The molecule has 25 heavy (non-hydrogen) atoms. The van der Waals surface area contributed by atoms with Gasteiger partial charge in [0.15, 0.2) is 0 Å². The number of aromatic nitrogens is 4. The molecule has 128 valence electrons. The van der Waals surface area contributed by atoms with Gasteiger partial charge in [-0.15, -0.1) is 5.10 Å². The van der Waals surface area contributed by atoms with Gasteiger partial charge in [-0.2, -0.15) is 0 Å². The fourth-order valence-corrected chi connectivity index (χ4v) is 2.68. The number of carbonyl (C=O) groups excluding carboxylic acids is 1. The number of ether oxygens (including phenoxy) is 1. The van der Waals surface area contributed by atoms with Crippen molar-refractivity contribution in [1.29, 1.82) is 0 Å². The zero-order valence-corrected chi connectivity index (χ0v) is 14.2. The quantitative estimate of drug-likeness (QED) is 0.733. The lowest BCUT2D eigenvalue weighted by Crippen LogP contribution is -2.28. The molecule has 1 heterocycles. The number of benzene rings is 2. The van der Waals surface area contributed by atoms with Gasteiger partial charge in [0.1, 0.15) is 18.1 Å². The summed E-state index contributed by atoms with van der Waals surface area (Å²) in [6, 6.07) is 14.2. The average Bonchev–Trinajstić information content (AvgIpc) is 3.15.